The molecule has 0 aliphatic rings. The molecule has 2 unspecified atom stereocenters. The number of ether oxygens (including phenoxy) is 1. The fourth-order valence-corrected chi connectivity index (χ4v) is 4.26. The summed E-state index contributed by atoms with van der Waals surface area (Å²) in [5.41, 5.74) is 2.89. The zero-order chi connectivity index (χ0) is 28.5. The molecule has 0 bridgehead atoms. The number of rotatable bonds is 11. The first-order valence-electron chi connectivity index (χ1n) is 13.5. The van der Waals surface area contributed by atoms with Gasteiger partial charge in [-0.25, -0.2) is 4.79 Å². The molecule has 0 saturated carbocycles. The number of aryl methyl sites for hydroxylation is 2. The van der Waals surface area contributed by atoms with Gasteiger partial charge in [0.05, 0.1) is 0 Å². The highest BCUT2D eigenvalue weighted by molar-refractivity contribution is 5.92. The van der Waals surface area contributed by atoms with E-state index in [0.29, 0.717) is 13.0 Å². The lowest BCUT2D eigenvalue weighted by molar-refractivity contribution is -0.142. The third-order valence-corrected chi connectivity index (χ3v) is 6.03. The van der Waals surface area contributed by atoms with E-state index in [0.717, 1.165) is 28.7 Å². The minimum absolute atomic E-state index is 0.0988. The lowest BCUT2D eigenvalue weighted by Crippen LogP contribution is -2.54. The molecule has 38 heavy (non-hydrogen) atoms. The summed E-state index contributed by atoms with van der Waals surface area (Å²) in [6.45, 7) is 15.5. The monoisotopic (exact) mass is 523 g/mol. The van der Waals surface area contributed by atoms with Crippen molar-refractivity contribution in [1.29, 1.82) is 0 Å². The Morgan fingerprint density at radius 3 is 2.21 bits per heavy atom. The van der Waals surface area contributed by atoms with E-state index < -0.39 is 23.8 Å². The summed E-state index contributed by atoms with van der Waals surface area (Å²) in [7, 11) is 0. The van der Waals surface area contributed by atoms with Gasteiger partial charge in [-0.1, -0.05) is 67.4 Å². The van der Waals surface area contributed by atoms with E-state index in [9.17, 15) is 14.4 Å². The standard InChI is InChI=1S/C31H45N3O4/c1-9-10-18-34(27(28(35)32-21(2)3)25-19-22(4)16-17-23(25)5)29(36)26(20-24-14-12-11-13-15-24)33-30(37)38-31(6,7)8/h11-17,19,21,26-27H,9-10,18,20H2,1-8H3,(H,32,35)(H,33,37). The normalized spacial score (nSPS) is 13.0. The lowest BCUT2D eigenvalue weighted by Gasteiger charge is -2.35. The molecule has 0 heterocycles. The molecule has 0 aliphatic heterocycles. The number of nitrogens with one attached hydrogen (secondary N) is 2. The fourth-order valence-electron chi connectivity index (χ4n) is 4.26. The molecule has 0 fully saturated rings. The Bertz CT molecular complexity index is 1080. The predicted octanol–water partition coefficient (Wildman–Crippen LogP) is 5.63. The van der Waals surface area contributed by atoms with Gasteiger partial charge in [0.1, 0.15) is 17.7 Å². The molecular weight excluding hydrogens is 478 g/mol. The van der Waals surface area contributed by atoms with Crippen LogP contribution in [0.2, 0.25) is 0 Å². The van der Waals surface area contributed by atoms with Crippen molar-refractivity contribution in [2.45, 2.75) is 98.4 Å². The van der Waals surface area contributed by atoms with Crippen LogP contribution in [0.25, 0.3) is 0 Å². The molecule has 0 spiro atoms. The first-order chi connectivity index (χ1) is 17.8. The Morgan fingerprint density at radius 2 is 1.63 bits per heavy atom. The Morgan fingerprint density at radius 1 is 0.974 bits per heavy atom. The van der Waals surface area contributed by atoms with Crippen molar-refractivity contribution in [2.24, 2.45) is 0 Å². The molecule has 0 radical (unpaired) electrons. The van der Waals surface area contributed by atoms with Crippen LogP contribution in [0, 0.1) is 13.8 Å². The number of carbonyl (C=O) groups is 3. The number of amides is 3. The summed E-state index contributed by atoms with van der Waals surface area (Å²) in [4.78, 5) is 42.5. The van der Waals surface area contributed by atoms with Gasteiger partial charge in [-0.05, 0) is 71.6 Å². The Kier molecular flexibility index (Phi) is 11.4. The van der Waals surface area contributed by atoms with Crippen LogP contribution in [0.15, 0.2) is 48.5 Å². The molecule has 2 N–H and O–H groups in total. The maximum absolute atomic E-state index is 14.3. The van der Waals surface area contributed by atoms with Gasteiger partial charge in [0, 0.05) is 19.0 Å². The molecule has 7 nitrogen and oxygen atoms in total. The average Bonchev–Trinajstić information content (AvgIpc) is 2.81. The second kappa shape index (κ2) is 14.0. The van der Waals surface area contributed by atoms with Crippen molar-refractivity contribution in [3.05, 3.63) is 70.8 Å². The lowest BCUT2D eigenvalue weighted by atomic mass is 9.95. The van der Waals surface area contributed by atoms with E-state index in [2.05, 4.69) is 10.6 Å². The minimum Gasteiger partial charge on any atom is -0.444 e. The van der Waals surface area contributed by atoms with E-state index in [1.165, 1.54) is 0 Å². The number of unbranched alkanes of at least 4 members (excludes halogenated alkanes) is 1. The summed E-state index contributed by atoms with van der Waals surface area (Å²) in [5.74, 6) is -0.563. The van der Waals surface area contributed by atoms with Crippen molar-refractivity contribution >= 4 is 17.9 Å². The van der Waals surface area contributed by atoms with Gasteiger partial charge in [0.25, 0.3) is 0 Å². The second-order valence-electron chi connectivity index (χ2n) is 11.2. The van der Waals surface area contributed by atoms with Crippen LogP contribution in [-0.2, 0) is 20.7 Å². The molecule has 2 aromatic rings. The van der Waals surface area contributed by atoms with Gasteiger partial charge in [0.2, 0.25) is 11.8 Å². The summed E-state index contributed by atoms with van der Waals surface area (Å²) >= 11 is 0. The maximum atomic E-state index is 14.3. The zero-order valence-corrected chi connectivity index (χ0v) is 24.3. The van der Waals surface area contributed by atoms with Crippen molar-refractivity contribution in [1.82, 2.24) is 15.5 Å². The van der Waals surface area contributed by atoms with Crippen molar-refractivity contribution in [2.75, 3.05) is 6.54 Å². The van der Waals surface area contributed by atoms with Crippen LogP contribution in [0.4, 0.5) is 4.79 Å². The molecule has 208 valence electrons. The number of hydrogen-bond acceptors (Lipinski definition) is 4. The topological polar surface area (TPSA) is 87.7 Å². The maximum Gasteiger partial charge on any atom is 0.408 e. The van der Waals surface area contributed by atoms with Gasteiger partial charge in [-0.3, -0.25) is 9.59 Å². The molecule has 0 aliphatic carbocycles. The van der Waals surface area contributed by atoms with E-state index >= 15 is 0 Å². The first-order valence-corrected chi connectivity index (χ1v) is 13.5. The van der Waals surface area contributed by atoms with E-state index in [1.54, 1.807) is 25.7 Å². The smallest absolute Gasteiger partial charge is 0.408 e. The molecule has 0 saturated heterocycles. The first kappa shape index (κ1) is 30.9. The van der Waals surface area contributed by atoms with Crippen molar-refractivity contribution in [3.8, 4) is 0 Å². The predicted molar refractivity (Wildman–Crippen MR) is 152 cm³/mol. The molecule has 7 heteroatoms. The van der Waals surface area contributed by atoms with Gasteiger partial charge < -0.3 is 20.3 Å². The molecule has 2 atom stereocenters. The van der Waals surface area contributed by atoms with Crippen LogP contribution >= 0.6 is 0 Å². The Hall–Kier alpha value is -3.35. The van der Waals surface area contributed by atoms with Gasteiger partial charge in [0.15, 0.2) is 0 Å². The highest BCUT2D eigenvalue weighted by Crippen LogP contribution is 2.28. The van der Waals surface area contributed by atoms with Crippen LogP contribution in [0.5, 0.6) is 0 Å². The SMILES string of the molecule is CCCCN(C(=O)C(Cc1ccccc1)NC(=O)OC(C)(C)C)C(C(=O)NC(C)C)c1cc(C)ccc1C. The third kappa shape index (κ3) is 9.51. The van der Waals surface area contributed by atoms with Crippen molar-refractivity contribution < 1.29 is 19.1 Å². The van der Waals surface area contributed by atoms with Gasteiger partial charge >= 0.3 is 6.09 Å². The fraction of sp³-hybridized carbons (Fsp3) is 0.516. The van der Waals surface area contributed by atoms with E-state index in [1.807, 2.05) is 83.1 Å². The largest absolute Gasteiger partial charge is 0.444 e. The Labute approximate surface area is 228 Å². The number of nitrogens with zero attached hydrogens (tertiary/aromatic N) is 1. The highest BCUT2D eigenvalue weighted by Gasteiger charge is 2.37. The highest BCUT2D eigenvalue weighted by atomic mass is 16.6. The number of hydrogen-bond donors (Lipinski definition) is 2. The average molecular weight is 524 g/mol. The van der Waals surface area contributed by atoms with Crippen LogP contribution in [0.3, 0.4) is 0 Å². The molecule has 2 aromatic carbocycles. The van der Waals surface area contributed by atoms with E-state index in [-0.39, 0.29) is 24.3 Å². The quantitative estimate of drug-likeness (QED) is 0.399. The number of carbonyl (C=O) groups excluding carboxylic acids is 3. The molecular formula is C31H45N3O4. The zero-order valence-electron chi connectivity index (χ0n) is 24.3. The second-order valence-corrected chi connectivity index (χ2v) is 11.2. The summed E-state index contributed by atoms with van der Waals surface area (Å²) in [6, 6.07) is 13.6. The summed E-state index contributed by atoms with van der Waals surface area (Å²) < 4.78 is 5.50. The molecule has 2 rings (SSSR count). The van der Waals surface area contributed by atoms with Crippen LogP contribution in [0.1, 0.15) is 82.7 Å². The number of alkyl carbamates (subject to hydrolysis) is 1. The van der Waals surface area contributed by atoms with Gasteiger partial charge in [-0.15, -0.1) is 0 Å². The van der Waals surface area contributed by atoms with Gasteiger partial charge in [-0.2, -0.15) is 0 Å². The van der Waals surface area contributed by atoms with Crippen LogP contribution in [-0.4, -0.2) is 47.0 Å². The molecule has 3 amide bonds. The molecule has 0 aromatic heterocycles. The minimum atomic E-state index is -0.913. The number of benzene rings is 2. The van der Waals surface area contributed by atoms with Crippen LogP contribution < -0.4 is 10.6 Å². The summed E-state index contributed by atoms with van der Waals surface area (Å²) in [6.07, 6.45) is 1.16. The van der Waals surface area contributed by atoms with E-state index in [4.69, 9.17) is 4.74 Å². The summed E-state index contributed by atoms with van der Waals surface area (Å²) in [5, 5.41) is 5.82. The van der Waals surface area contributed by atoms with Crippen molar-refractivity contribution in [3.63, 3.8) is 0 Å². The Balaban J connectivity index is 2.58. The third-order valence-electron chi connectivity index (χ3n) is 6.03.